The third kappa shape index (κ3) is 3.07. The van der Waals surface area contributed by atoms with Crippen LogP contribution in [0.1, 0.15) is 49.4 Å². The van der Waals surface area contributed by atoms with Crippen LogP contribution in [0.15, 0.2) is 48.8 Å². The normalized spacial score (nSPS) is 30.1. The van der Waals surface area contributed by atoms with Crippen LogP contribution in [-0.4, -0.2) is 42.0 Å². The molecule has 5 aromatic rings. The van der Waals surface area contributed by atoms with Gasteiger partial charge in [-0.3, -0.25) is 4.98 Å². The number of aromatic amines is 2. The standard InChI is InChI=1S/C28H26N8/c1-3-17-21(29-11-25(31-17)26-12-30-27(36-26)23-9-15-7-19(15)32-23)5-13(1)14-2-4-18-22(6-14)35-28(34-18)24-10-16-8-20(16)33-24/h1-6,11-12,15-16,19-20,23-24,32-33H,7-10H2,(H,30,36)(H,34,35)/t15-,16-,19-,20-,23+,24+/m1/s1. The number of benzene rings is 2. The van der Waals surface area contributed by atoms with Crippen LogP contribution in [0.5, 0.6) is 0 Å². The Labute approximate surface area is 207 Å². The maximum Gasteiger partial charge on any atom is 0.124 e. The van der Waals surface area contributed by atoms with Crippen LogP contribution in [0, 0.1) is 11.8 Å². The van der Waals surface area contributed by atoms with Gasteiger partial charge >= 0.3 is 0 Å². The molecule has 36 heavy (non-hydrogen) atoms. The minimum absolute atomic E-state index is 0.335. The molecule has 2 saturated heterocycles. The average molecular weight is 475 g/mol. The first-order valence-electron chi connectivity index (χ1n) is 13.1. The number of H-pyrrole nitrogens is 2. The average Bonchev–Trinajstić information content (AvgIpc) is 3.49. The van der Waals surface area contributed by atoms with Gasteiger partial charge in [-0.1, -0.05) is 12.1 Å². The second-order valence-electron chi connectivity index (χ2n) is 11.1. The van der Waals surface area contributed by atoms with Crippen molar-refractivity contribution in [2.45, 2.75) is 49.9 Å². The molecule has 9 rings (SSSR count). The minimum Gasteiger partial charge on any atom is -0.341 e. The van der Waals surface area contributed by atoms with Crippen molar-refractivity contribution in [3.8, 4) is 22.5 Å². The van der Waals surface area contributed by atoms with Crippen LogP contribution < -0.4 is 10.6 Å². The quantitative estimate of drug-likeness (QED) is 0.307. The van der Waals surface area contributed by atoms with E-state index in [1.165, 1.54) is 25.7 Å². The zero-order valence-corrected chi connectivity index (χ0v) is 19.7. The number of piperidine rings is 2. The highest BCUT2D eigenvalue weighted by Crippen LogP contribution is 2.46. The summed E-state index contributed by atoms with van der Waals surface area (Å²) in [4.78, 5) is 26.1. The molecule has 0 spiro atoms. The van der Waals surface area contributed by atoms with Gasteiger partial charge in [0.2, 0.25) is 0 Å². The molecule has 8 nitrogen and oxygen atoms in total. The minimum atomic E-state index is 0.335. The third-order valence-corrected chi connectivity index (χ3v) is 8.66. The summed E-state index contributed by atoms with van der Waals surface area (Å²) in [5.74, 6) is 3.76. The molecule has 2 aromatic carbocycles. The zero-order valence-electron chi connectivity index (χ0n) is 19.7. The van der Waals surface area contributed by atoms with Crippen LogP contribution in [0.4, 0.5) is 0 Å². The fraction of sp³-hybridized carbons (Fsp3) is 0.357. The summed E-state index contributed by atoms with van der Waals surface area (Å²) in [6, 6.07) is 14.8. The first kappa shape index (κ1) is 19.6. The molecule has 0 bridgehead atoms. The van der Waals surface area contributed by atoms with Gasteiger partial charge in [-0.05, 0) is 72.9 Å². The van der Waals surface area contributed by atoms with Gasteiger partial charge < -0.3 is 20.6 Å². The van der Waals surface area contributed by atoms with Gasteiger partial charge in [-0.15, -0.1) is 0 Å². The number of nitrogens with one attached hydrogen (secondary N) is 4. The van der Waals surface area contributed by atoms with E-state index < -0.39 is 0 Å². The van der Waals surface area contributed by atoms with Gasteiger partial charge in [-0.25, -0.2) is 15.0 Å². The second-order valence-corrected chi connectivity index (χ2v) is 11.1. The largest absolute Gasteiger partial charge is 0.341 e. The lowest BCUT2D eigenvalue weighted by molar-refractivity contribution is 0.543. The Balaban J connectivity index is 0.999. The van der Waals surface area contributed by atoms with Crippen molar-refractivity contribution in [3.63, 3.8) is 0 Å². The predicted octanol–water partition coefficient (Wildman–Crippen LogP) is 4.41. The molecule has 4 N–H and O–H groups in total. The molecular weight excluding hydrogens is 448 g/mol. The first-order chi connectivity index (χ1) is 17.7. The van der Waals surface area contributed by atoms with Crippen LogP contribution >= 0.6 is 0 Å². The van der Waals surface area contributed by atoms with E-state index >= 15 is 0 Å². The van der Waals surface area contributed by atoms with Crippen LogP contribution in [0.25, 0.3) is 44.6 Å². The van der Waals surface area contributed by atoms with Crippen LogP contribution in [-0.2, 0) is 0 Å². The van der Waals surface area contributed by atoms with E-state index in [0.717, 1.165) is 68.1 Å². The van der Waals surface area contributed by atoms with Crippen LogP contribution in [0.3, 0.4) is 0 Å². The number of rotatable bonds is 4. The summed E-state index contributed by atoms with van der Waals surface area (Å²) in [6.45, 7) is 0. The molecule has 8 heteroatoms. The van der Waals surface area contributed by atoms with Crippen molar-refractivity contribution in [1.82, 2.24) is 40.5 Å². The number of fused-ring (bicyclic) bond motifs is 4. The fourth-order valence-electron chi connectivity index (χ4n) is 6.40. The second kappa shape index (κ2) is 6.99. The number of nitrogens with zero attached hydrogens (tertiary/aromatic N) is 4. The SMILES string of the molecule is c1cc2nc(-c3cnc([C@@H]4C[C@H]5C[C@H]5N4)[nH]3)cnc2cc1-c1ccc2nc([C@@H]3C[C@H]4C[C@H]4N3)[nH]c2c1. The van der Waals surface area contributed by atoms with Gasteiger partial charge in [0.1, 0.15) is 17.3 Å². The number of hydrogen-bond donors (Lipinski definition) is 4. The van der Waals surface area contributed by atoms with Crippen LogP contribution in [0.2, 0.25) is 0 Å². The first-order valence-corrected chi connectivity index (χ1v) is 13.1. The molecule has 2 saturated carbocycles. The molecule has 6 atom stereocenters. The third-order valence-electron chi connectivity index (χ3n) is 8.66. The molecule has 0 radical (unpaired) electrons. The van der Waals surface area contributed by atoms with Gasteiger partial charge in [0.15, 0.2) is 0 Å². The fourth-order valence-corrected chi connectivity index (χ4v) is 6.40. The van der Waals surface area contributed by atoms with E-state index in [1.54, 1.807) is 0 Å². The Kier molecular flexibility index (Phi) is 3.80. The van der Waals surface area contributed by atoms with Crippen molar-refractivity contribution in [3.05, 3.63) is 60.4 Å². The zero-order chi connectivity index (χ0) is 23.4. The van der Waals surface area contributed by atoms with E-state index in [1.807, 2.05) is 12.4 Å². The lowest BCUT2D eigenvalue weighted by Gasteiger charge is -2.09. The van der Waals surface area contributed by atoms with Gasteiger partial charge in [0.05, 0.1) is 52.2 Å². The monoisotopic (exact) mass is 474 g/mol. The van der Waals surface area contributed by atoms with Crippen molar-refractivity contribution in [2.24, 2.45) is 11.8 Å². The van der Waals surface area contributed by atoms with E-state index in [2.05, 4.69) is 62.0 Å². The maximum atomic E-state index is 4.87. The summed E-state index contributed by atoms with van der Waals surface area (Å²) in [7, 11) is 0. The highest BCUT2D eigenvalue weighted by Gasteiger charge is 2.47. The summed E-state index contributed by atoms with van der Waals surface area (Å²) in [5.41, 5.74) is 7.87. The highest BCUT2D eigenvalue weighted by molar-refractivity contribution is 5.86. The molecule has 2 aliphatic heterocycles. The number of aromatic nitrogens is 6. The molecule has 178 valence electrons. The molecule has 3 aromatic heterocycles. The predicted molar refractivity (Wildman–Crippen MR) is 137 cm³/mol. The number of imidazole rings is 2. The molecule has 4 fully saturated rings. The Morgan fingerprint density at radius 1 is 0.639 bits per heavy atom. The summed E-state index contributed by atoms with van der Waals surface area (Å²) >= 11 is 0. The summed E-state index contributed by atoms with van der Waals surface area (Å²) in [5, 5.41) is 7.34. The maximum absolute atomic E-state index is 4.87. The topological polar surface area (TPSA) is 107 Å². The molecule has 0 amide bonds. The lowest BCUT2D eigenvalue weighted by Crippen LogP contribution is -2.18. The van der Waals surface area contributed by atoms with E-state index in [9.17, 15) is 0 Å². The molecular formula is C28H26N8. The van der Waals surface area contributed by atoms with Crippen molar-refractivity contribution >= 4 is 22.1 Å². The molecule has 0 unspecified atom stereocenters. The summed E-state index contributed by atoms with van der Waals surface area (Å²) in [6.07, 6.45) is 8.73. The Morgan fingerprint density at radius 2 is 1.39 bits per heavy atom. The molecule has 4 aliphatic rings. The van der Waals surface area contributed by atoms with E-state index in [4.69, 9.17) is 15.0 Å². The van der Waals surface area contributed by atoms with Gasteiger partial charge in [0.25, 0.3) is 0 Å². The summed E-state index contributed by atoms with van der Waals surface area (Å²) < 4.78 is 0. The van der Waals surface area contributed by atoms with Crippen molar-refractivity contribution in [2.75, 3.05) is 0 Å². The Morgan fingerprint density at radius 3 is 2.17 bits per heavy atom. The molecule has 5 heterocycles. The van der Waals surface area contributed by atoms with E-state index in [-0.39, 0.29) is 0 Å². The van der Waals surface area contributed by atoms with Crippen molar-refractivity contribution < 1.29 is 0 Å². The van der Waals surface area contributed by atoms with Gasteiger partial charge in [-0.2, -0.15) is 0 Å². The van der Waals surface area contributed by atoms with E-state index in [0.29, 0.717) is 24.2 Å². The van der Waals surface area contributed by atoms with Gasteiger partial charge in [0, 0.05) is 12.1 Å². The lowest BCUT2D eigenvalue weighted by atomic mass is 10.0. The Hall–Kier alpha value is -3.62. The Bertz CT molecular complexity index is 1650. The highest BCUT2D eigenvalue weighted by atomic mass is 15.1. The number of hydrogen-bond acceptors (Lipinski definition) is 6. The van der Waals surface area contributed by atoms with Crippen molar-refractivity contribution in [1.29, 1.82) is 0 Å². The molecule has 2 aliphatic carbocycles. The smallest absolute Gasteiger partial charge is 0.124 e.